The highest BCUT2D eigenvalue weighted by Gasteiger charge is 2.20. The van der Waals surface area contributed by atoms with E-state index in [1.165, 1.54) is 5.56 Å². The molecular formula is C16H23NO2. The number of para-hydroxylation sites is 1. The lowest BCUT2D eigenvalue weighted by molar-refractivity contribution is -0.123. The molecule has 2 rings (SSSR count). The van der Waals surface area contributed by atoms with Crippen molar-refractivity contribution in [3.8, 4) is 5.75 Å². The zero-order valence-electron chi connectivity index (χ0n) is 11.7. The number of benzene rings is 1. The molecule has 1 aliphatic heterocycles. The van der Waals surface area contributed by atoms with Crippen LogP contribution in [0, 0.1) is 5.92 Å². The van der Waals surface area contributed by atoms with Crippen LogP contribution in [0.4, 0.5) is 0 Å². The van der Waals surface area contributed by atoms with Gasteiger partial charge in [0.05, 0.1) is 6.61 Å². The summed E-state index contributed by atoms with van der Waals surface area (Å²) >= 11 is 0. The molecule has 1 unspecified atom stereocenters. The van der Waals surface area contributed by atoms with Gasteiger partial charge in [-0.1, -0.05) is 25.1 Å². The summed E-state index contributed by atoms with van der Waals surface area (Å²) in [4.78, 5) is 12.0. The fraction of sp³-hybridized carbons (Fsp3) is 0.562. The highest BCUT2D eigenvalue weighted by Crippen LogP contribution is 2.19. The zero-order chi connectivity index (χ0) is 13.5. The van der Waals surface area contributed by atoms with Gasteiger partial charge in [0, 0.05) is 18.9 Å². The third-order valence-corrected chi connectivity index (χ3v) is 3.71. The quantitative estimate of drug-likeness (QED) is 0.855. The van der Waals surface area contributed by atoms with Crippen molar-refractivity contribution in [3.63, 3.8) is 0 Å². The molecule has 1 aliphatic rings. The van der Waals surface area contributed by atoms with E-state index >= 15 is 0 Å². The molecule has 1 fully saturated rings. The Bertz CT molecular complexity index is 411. The summed E-state index contributed by atoms with van der Waals surface area (Å²) in [5.41, 5.74) is 1.20. The van der Waals surface area contributed by atoms with Crippen LogP contribution >= 0.6 is 0 Å². The lowest BCUT2D eigenvalue weighted by Crippen LogP contribution is -2.34. The summed E-state index contributed by atoms with van der Waals surface area (Å²) in [5.74, 6) is 1.44. The molecule has 0 spiro atoms. The van der Waals surface area contributed by atoms with E-state index in [-0.39, 0.29) is 5.92 Å². The molecule has 0 radical (unpaired) electrons. The Morgan fingerprint density at radius 2 is 2.26 bits per heavy atom. The number of aryl methyl sites for hydroxylation is 1. The highest BCUT2D eigenvalue weighted by atomic mass is 16.5. The highest BCUT2D eigenvalue weighted by molar-refractivity contribution is 5.81. The smallest absolute Gasteiger partial charge is 0.140 e. The Morgan fingerprint density at radius 3 is 3.00 bits per heavy atom. The molecule has 1 aromatic carbocycles. The second-order valence-electron chi connectivity index (χ2n) is 5.07. The van der Waals surface area contributed by atoms with E-state index in [1.54, 1.807) is 0 Å². The van der Waals surface area contributed by atoms with Crippen molar-refractivity contribution in [2.75, 3.05) is 19.7 Å². The molecule has 19 heavy (non-hydrogen) atoms. The second-order valence-corrected chi connectivity index (χ2v) is 5.07. The Hall–Kier alpha value is -1.35. The average molecular weight is 261 g/mol. The Balaban J connectivity index is 1.78. The van der Waals surface area contributed by atoms with E-state index in [4.69, 9.17) is 4.74 Å². The topological polar surface area (TPSA) is 38.3 Å². The van der Waals surface area contributed by atoms with Gasteiger partial charge in [0.25, 0.3) is 0 Å². The van der Waals surface area contributed by atoms with Crippen LogP contribution in [0.25, 0.3) is 0 Å². The van der Waals surface area contributed by atoms with Crippen LogP contribution in [0.15, 0.2) is 24.3 Å². The van der Waals surface area contributed by atoms with Crippen LogP contribution in [0.5, 0.6) is 5.75 Å². The molecule has 0 bridgehead atoms. The van der Waals surface area contributed by atoms with Crippen molar-refractivity contribution in [1.29, 1.82) is 0 Å². The summed E-state index contributed by atoms with van der Waals surface area (Å²) in [6.07, 6.45) is 3.61. The molecule has 104 valence electrons. The van der Waals surface area contributed by atoms with Gasteiger partial charge in [-0.3, -0.25) is 4.79 Å². The normalized spacial score (nSPS) is 19.1. The third kappa shape index (κ3) is 4.06. The first-order valence-electron chi connectivity index (χ1n) is 7.25. The number of nitrogens with one attached hydrogen (secondary N) is 1. The van der Waals surface area contributed by atoms with E-state index in [0.29, 0.717) is 18.8 Å². The summed E-state index contributed by atoms with van der Waals surface area (Å²) in [6.45, 7) is 4.49. The van der Waals surface area contributed by atoms with Gasteiger partial charge in [0.2, 0.25) is 0 Å². The van der Waals surface area contributed by atoms with Crippen LogP contribution in [0.2, 0.25) is 0 Å². The van der Waals surface area contributed by atoms with Crippen molar-refractivity contribution in [1.82, 2.24) is 5.32 Å². The van der Waals surface area contributed by atoms with Gasteiger partial charge in [-0.2, -0.15) is 0 Å². The number of hydrogen-bond acceptors (Lipinski definition) is 3. The standard InChI is InChI=1S/C16H23NO2/c1-2-13-6-3-4-8-16(13)19-11-9-15(18)14-7-5-10-17-12-14/h3-4,6,8,14,17H,2,5,7,9-12H2,1H3. The second kappa shape index (κ2) is 7.29. The maximum absolute atomic E-state index is 12.0. The summed E-state index contributed by atoms with van der Waals surface area (Å²) in [7, 11) is 0. The van der Waals surface area contributed by atoms with Crippen molar-refractivity contribution in [2.24, 2.45) is 5.92 Å². The van der Waals surface area contributed by atoms with Gasteiger partial charge in [-0.25, -0.2) is 0 Å². The molecule has 1 atom stereocenters. The molecular weight excluding hydrogens is 238 g/mol. The fourth-order valence-electron chi connectivity index (χ4n) is 2.53. The third-order valence-electron chi connectivity index (χ3n) is 3.71. The molecule has 1 saturated heterocycles. The monoisotopic (exact) mass is 261 g/mol. The maximum Gasteiger partial charge on any atom is 0.140 e. The molecule has 0 saturated carbocycles. The minimum Gasteiger partial charge on any atom is -0.493 e. The predicted molar refractivity (Wildman–Crippen MR) is 76.5 cm³/mol. The van der Waals surface area contributed by atoms with E-state index in [0.717, 1.165) is 38.1 Å². The van der Waals surface area contributed by atoms with Gasteiger partial charge in [0.15, 0.2) is 0 Å². The van der Waals surface area contributed by atoms with Crippen LogP contribution in [0.1, 0.15) is 31.7 Å². The summed E-state index contributed by atoms with van der Waals surface area (Å²) in [5, 5.41) is 3.28. The molecule has 3 nitrogen and oxygen atoms in total. The SMILES string of the molecule is CCc1ccccc1OCCC(=O)C1CCCNC1. The first-order valence-corrected chi connectivity index (χ1v) is 7.25. The molecule has 1 aromatic rings. The minimum atomic E-state index is 0.193. The zero-order valence-corrected chi connectivity index (χ0v) is 11.7. The Kier molecular flexibility index (Phi) is 5.40. The van der Waals surface area contributed by atoms with Gasteiger partial charge in [-0.15, -0.1) is 0 Å². The average Bonchev–Trinajstić information content (AvgIpc) is 2.48. The van der Waals surface area contributed by atoms with Crippen molar-refractivity contribution >= 4 is 5.78 Å². The number of carbonyl (C=O) groups is 1. The largest absolute Gasteiger partial charge is 0.493 e. The molecule has 0 aromatic heterocycles. The van der Waals surface area contributed by atoms with Crippen LogP contribution in [-0.4, -0.2) is 25.5 Å². The van der Waals surface area contributed by atoms with Crippen LogP contribution < -0.4 is 10.1 Å². The van der Waals surface area contributed by atoms with E-state index < -0.39 is 0 Å². The summed E-state index contributed by atoms with van der Waals surface area (Å²) < 4.78 is 5.75. The maximum atomic E-state index is 12.0. The molecule has 1 heterocycles. The van der Waals surface area contributed by atoms with E-state index in [1.807, 2.05) is 18.2 Å². The number of hydrogen-bond donors (Lipinski definition) is 1. The number of ketones is 1. The van der Waals surface area contributed by atoms with Crippen LogP contribution in [-0.2, 0) is 11.2 Å². The molecule has 1 N–H and O–H groups in total. The number of ether oxygens (including phenoxy) is 1. The van der Waals surface area contributed by atoms with E-state index in [9.17, 15) is 4.79 Å². The number of Topliss-reactive ketones (excluding diaryl/α,β-unsaturated/α-hetero) is 1. The number of piperidine rings is 1. The van der Waals surface area contributed by atoms with Crippen molar-refractivity contribution in [3.05, 3.63) is 29.8 Å². The van der Waals surface area contributed by atoms with Crippen molar-refractivity contribution < 1.29 is 9.53 Å². The Labute approximate surface area is 115 Å². The Morgan fingerprint density at radius 1 is 1.42 bits per heavy atom. The minimum absolute atomic E-state index is 0.193. The number of rotatable bonds is 6. The fourth-order valence-corrected chi connectivity index (χ4v) is 2.53. The first kappa shape index (κ1) is 14.1. The van der Waals surface area contributed by atoms with Gasteiger partial charge in [0.1, 0.15) is 11.5 Å². The molecule has 3 heteroatoms. The summed E-state index contributed by atoms with van der Waals surface area (Å²) in [6, 6.07) is 8.04. The first-order chi connectivity index (χ1) is 9.31. The lowest BCUT2D eigenvalue weighted by Gasteiger charge is -2.21. The van der Waals surface area contributed by atoms with Gasteiger partial charge in [-0.05, 0) is 37.4 Å². The molecule has 0 amide bonds. The van der Waals surface area contributed by atoms with E-state index in [2.05, 4.69) is 18.3 Å². The predicted octanol–water partition coefficient (Wildman–Crippen LogP) is 2.59. The van der Waals surface area contributed by atoms with Gasteiger partial charge < -0.3 is 10.1 Å². The van der Waals surface area contributed by atoms with Crippen LogP contribution in [0.3, 0.4) is 0 Å². The van der Waals surface area contributed by atoms with Crippen molar-refractivity contribution in [2.45, 2.75) is 32.6 Å². The van der Waals surface area contributed by atoms with Gasteiger partial charge >= 0.3 is 0 Å². The molecule has 0 aliphatic carbocycles. The number of carbonyl (C=O) groups excluding carboxylic acids is 1. The lowest BCUT2D eigenvalue weighted by atomic mass is 9.94.